The minimum atomic E-state index is -2.49. The van der Waals surface area contributed by atoms with Gasteiger partial charge in [0.05, 0.1) is 12.1 Å². The molecule has 3 rings (SSSR count). The van der Waals surface area contributed by atoms with Gasteiger partial charge in [0.1, 0.15) is 11.0 Å². The molecule has 0 unspecified atom stereocenters. The average Bonchev–Trinajstić information content (AvgIpc) is 2.71. The predicted molar refractivity (Wildman–Crippen MR) is 60.6 cm³/mol. The van der Waals surface area contributed by atoms with Crippen LogP contribution in [0.5, 0.6) is 5.88 Å². The number of nitrogens with zero attached hydrogens (tertiary/aromatic N) is 2. The lowest BCUT2D eigenvalue weighted by Crippen LogP contribution is -2.38. The van der Waals surface area contributed by atoms with Gasteiger partial charge in [-0.2, -0.15) is 0 Å². The number of halogens is 2. The summed E-state index contributed by atoms with van der Waals surface area (Å²) < 4.78 is 31.7. The molecule has 1 fully saturated rings. The van der Waals surface area contributed by atoms with Crippen molar-refractivity contribution in [3.8, 4) is 5.88 Å². The zero-order valence-electron chi connectivity index (χ0n) is 8.90. The minimum Gasteiger partial charge on any atom is -0.476 e. The van der Waals surface area contributed by atoms with Gasteiger partial charge in [0.25, 0.3) is 0 Å². The third-order valence-electron chi connectivity index (χ3n) is 2.84. The fourth-order valence-electron chi connectivity index (χ4n) is 1.97. The zero-order chi connectivity index (χ0) is 11.9. The van der Waals surface area contributed by atoms with Crippen LogP contribution >= 0.6 is 11.3 Å². The van der Waals surface area contributed by atoms with Crippen LogP contribution in [0.2, 0.25) is 0 Å². The van der Waals surface area contributed by atoms with Crippen LogP contribution in [0, 0.1) is 5.92 Å². The molecule has 0 bridgehead atoms. The molecule has 0 N–H and O–H groups in total. The second-order valence-corrected chi connectivity index (χ2v) is 5.17. The molecule has 2 aromatic rings. The predicted octanol–water partition coefficient (Wildman–Crippen LogP) is 3.12. The zero-order valence-corrected chi connectivity index (χ0v) is 9.71. The molecule has 0 aromatic carbocycles. The van der Waals surface area contributed by atoms with Crippen molar-refractivity contribution >= 4 is 21.6 Å². The van der Waals surface area contributed by atoms with Crippen LogP contribution in [0.4, 0.5) is 8.78 Å². The highest BCUT2D eigenvalue weighted by Crippen LogP contribution is 2.42. The maximum Gasteiger partial charge on any atom is 0.248 e. The number of hydrogen-bond acceptors (Lipinski definition) is 4. The van der Waals surface area contributed by atoms with Crippen molar-refractivity contribution in [3.63, 3.8) is 0 Å². The van der Waals surface area contributed by atoms with Gasteiger partial charge < -0.3 is 4.74 Å². The molecule has 3 nitrogen and oxygen atoms in total. The third kappa shape index (κ3) is 2.09. The average molecular weight is 256 g/mol. The summed E-state index contributed by atoms with van der Waals surface area (Å²) in [6.45, 7) is 0.305. The number of thiophene rings is 1. The summed E-state index contributed by atoms with van der Waals surface area (Å²) >= 11 is 1.49. The smallest absolute Gasteiger partial charge is 0.248 e. The summed E-state index contributed by atoms with van der Waals surface area (Å²) in [5.41, 5.74) is 0.832. The van der Waals surface area contributed by atoms with Gasteiger partial charge in [0, 0.05) is 18.8 Å². The first-order valence-corrected chi connectivity index (χ1v) is 6.21. The van der Waals surface area contributed by atoms with Crippen LogP contribution < -0.4 is 4.74 Å². The fraction of sp³-hybridized carbons (Fsp3) is 0.455. The van der Waals surface area contributed by atoms with Gasteiger partial charge in [0.2, 0.25) is 11.8 Å². The Bertz CT molecular complexity index is 535. The van der Waals surface area contributed by atoms with Crippen molar-refractivity contribution in [2.24, 2.45) is 5.92 Å². The maximum atomic E-state index is 12.6. The summed E-state index contributed by atoms with van der Waals surface area (Å²) in [6, 6.07) is 1.88. The van der Waals surface area contributed by atoms with E-state index in [9.17, 15) is 8.78 Å². The standard InChI is InChI=1S/C11H10F2N2OS/c12-11(13)3-7(4-11)5-16-10-9-8(1-2-17-9)14-6-15-10/h1-2,6-7H,3-5H2. The van der Waals surface area contributed by atoms with E-state index in [4.69, 9.17) is 4.74 Å². The summed E-state index contributed by atoms with van der Waals surface area (Å²) in [7, 11) is 0. The highest BCUT2D eigenvalue weighted by Gasteiger charge is 2.45. The summed E-state index contributed by atoms with van der Waals surface area (Å²) in [5, 5.41) is 1.91. The van der Waals surface area contributed by atoms with Crippen LogP contribution in [-0.4, -0.2) is 22.5 Å². The molecule has 6 heteroatoms. The normalized spacial score (nSPS) is 19.2. The topological polar surface area (TPSA) is 35.0 Å². The van der Waals surface area contributed by atoms with Crippen molar-refractivity contribution < 1.29 is 13.5 Å². The molecule has 1 aliphatic carbocycles. The number of ether oxygens (including phenoxy) is 1. The Hall–Kier alpha value is -1.30. The number of aromatic nitrogens is 2. The SMILES string of the molecule is FC1(F)CC(COc2ncnc3ccsc23)C1. The van der Waals surface area contributed by atoms with Crippen molar-refractivity contribution in [2.45, 2.75) is 18.8 Å². The Labute approximate surface area is 100 Å². The van der Waals surface area contributed by atoms with Crippen LogP contribution in [0.1, 0.15) is 12.8 Å². The van der Waals surface area contributed by atoms with E-state index in [1.54, 1.807) is 0 Å². The van der Waals surface area contributed by atoms with E-state index in [0.717, 1.165) is 10.2 Å². The highest BCUT2D eigenvalue weighted by atomic mass is 32.1. The summed E-state index contributed by atoms with van der Waals surface area (Å²) in [5.74, 6) is -2.05. The molecular weight excluding hydrogens is 246 g/mol. The molecule has 90 valence electrons. The summed E-state index contributed by atoms with van der Waals surface area (Å²) in [4.78, 5) is 8.12. The lowest BCUT2D eigenvalue weighted by molar-refractivity contribution is -0.119. The Balaban J connectivity index is 1.67. The van der Waals surface area contributed by atoms with Crippen LogP contribution in [0.25, 0.3) is 10.2 Å². The first-order chi connectivity index (χ1) is 8.14. The monoisotopic (exact) mass is 256 g/mol. The Morgan fingerprint density at radius 2 is 2.24 bits per heavy atom. The second kappa shape index (κ2) is 3.87. The molecular formula is C11H10F2N2OS. The molecule has 0 spiro atoms. The number of rotatable bonds is 3. The van der Waals surface area contributed by atoms with E-state index in [2.05, 4.69) is 9.97 Å². The van der Waals surface area contributed by atoms with E-state index in [-0.39, 0.29) is 18.8 Å². The fourth-order valence-corrected chi connectivity index (χ4v) is 2.76. The molecule has 1 aliphatic rings. The molecule has 0 aliphatic heterocycles. The van der Waals surface area contributed by atoms with Crippen LogP contribution in [0.15, 0.2) is 17.8 Å². The van der Waals surface area contributed by atoms with Gasteiger partial charge in [0.15, 0.2) is 0 Å². The minimum absolute atomic E-state index is 0.0602. The van der Waals surface area contributed by atoms with E-state index in [1.807, 2.05) is 11.4 Å². The van der Waals surface area contributed by atoms with Crippen LogP contribution in [-0.2, 0) is 0 Å². The first-order valence-electron chi connectivity index (χ1n) is 5.33. The molecule has 0 saturated heterocycles. The largest absolute Gasteiger partial charge is 0.476 e. The van der Waals surface area contributed by atoms with E-state index >= 15 is 0 Å². The van der Waals surface area contributed by atoms with Gasteiger partial charge in [-0.05, 0) is 11.4 Å². The lowest BCUT2D eigenvalue weighted by Gasteiger charge is -2.34. The molecule has 0 radical (unpaired) electrons. The van der Waals surface area contributed by atoms with Gasteiger partial charge in [-0.1, -0.05) is 0 Å². The number of alkyl halides is 2. The molecule has 2 heterocycles. The highest BCUT2D eigenvalue weighted by molar-refractivity contribution is 7.17. The number of hydrogen-bond donors (Lipinski definition) is 0. The summed E-state index contributed by atoms with van der Waals surface area (Å²) in [6.07, 6.45) is 1.27. The first kappa shape index (κ1) is 10.8. The van der Waals surface area contributed by atoms with Crippen molar-refractivity contribution in [1.82, 2.24) is 9.97 Å². The van der Waals surface area contributed by atoms with Crippen molar-refractivity contribution in [3.05, 3.63) is 17.8 Å². The third-order valence-corrected chi connectivity index (χ3v) is 3.73. The Morgan fingerprint density at radius 3 is 3.00 bits per heavy atom. The molecule has 0 amide bonds. The van der Waals surface area contributed by atoms with Gasteiger partial charge in [-0.15, -0.1) is 11.3 Å². The maximum absolute atomic E-state index is 12.6. The lowest BCUT2D eigenvalue weighted by atomic mass is 9.82. The Kier molecular flexibility index (Phi) is 2.47. The van der Waals surface area contributed by atoms with E-state index < -0.39 is 5.92 Å². The molecule has 2 aromatic heterocycles. The van der Waals surface area contributed by atoms with Gasteiger partial charge in [-0.3, -0.25) is 0 Å². The van der Waals surface area contributed by atoms with E-state index in [1.165, 1.54) is 17.7 Å². The van der Waals surface area contributed by atoms with Gasteiger partial charge in [-0.25, -0.2) is 18.7 Å². The van der Waals surface area contributed by atoms with Crippen LogP contribution in [0.3, 0.4) is 0 Å². The molecule has 0 atom stereocenters. The molecule has 17 heavy (non-hydrogen) atoms. The van der Waals surface area contributed by atoms with Crippen molar-refractivity contribution in [2.75, 3.05) is 6.61 Å². The second-order valence-electron chi connectivity index (χ2n) is 4.26. The van der Waals surface area contributed by atoms with Crippen molar-refractivity contribution in [1.29, 1.82) is 0 Å². The number of fused-ring (bicyclic) bond motifs is 1. The Morgan fingerprint density at radius 1 is 1.41 bits per heavy atom. The van der Waals surface area contributed by atoms with E-state index in [0.29, 0.717) is 12.5 Å². The quantitative estimate of drug-likeness (QED) is 0.846. The molecule has 1 saturated carbocycles. The van der Waals surface area contributed by atoms with Gasteiger partial charge >= 0.3 is 0 Å².